The predicted octanol–water partition coefficient (Wildman–Crippen LogP) is 4.33. The molecule has 0 aliphatic rings. The van der Waals surface area contributed by atoms with Crippen molar-refractivity contribution in [2.45, 2.75) is 12.7 Å². The monoisotopic (exact) mass is 508 g/mol. The number of thioether (sulfide) groups is 1. The third-order valence-corrected chi connectivity index (χ3v) is 6.38. The molecule has 0 aliphatic carbocycles. The Labute approximate surface area is 208 Å². The van der Waals surface area contributed by atoms with Crippen LogP contribution in [0, 0.1) is 0 Å². The Balaban J connectivity index is 1.26. The number of fused-ring (bicyclic) bond motifs is 1. The first-order valence-corrected chi connectivity index (χ1v) is 12.4. The van der Waals surface area contributed by atoms with Gasteiger partial charge in [0.25, 0.3) is 5.91 Å². The van der Waals surface area contributed by atoms with Crippen molar-refractivity contribution in [1.29, 1.82) is 0 Å². The second-order valence-electron chi connectivity index (χ2n) is 7.37. The largest absolute Gasteiger partial charge is 0.451 e. The van der Waals surface area contributed by atoms with E-state index in [1.54, 1.807) is 53.9 Å². The molecule has 3 amide bonds. The van der Waals surface area contributed by atoms with Gasteiger partial charge in [0.1, 0.15) is 5.58 Å². The van der Waals surface area contributed by atoms with Crippen LogP contribution in [0.15, 0.2) is 69.2 Å². The molecule has 0 bridgehead atoms. The summed E-state index contributed by atoms with van der Waals surface area (Å²) in [5.41, 5.74) is 2.03. The molecule has 0 saturated heterocycles. The fraction of sp³-hybridized carbons (Fsp3) is 0.125. The number of amides is 3. The van der Waals surface area contributed by atoms with Crippen molar-refractivity contribution in [1.82, 2.24) is 4.98 Å². The molecule has 0 radical (unpaired) electrons. The van der Waals surface area contributed by atoms with Gasteiger partial charge in [-0.1, -0.05) is 12.1 Å². The molecule has 2 aromatic carbocycles. The lowest BCUT2D eigenvalue weighted by atomic mass is 10.2. The highest BCUT2D eigenvalue weighted by Crippen LogP contribution is 2.21. The summed E-state index contributed by atoms with van der Waals surface area (Å²) >= 11 is 2.62. The molecule has 9 nitrogen and oxygen atoms in total. The van der Waals surface area contributed by atoms with Gasteiger partial charge in [0, 0.05) is 35.5 Å². The molecule has 0 atom stereocenters. The summed E-state index contributed by atoms with van der Waals surface area (Å²) in [6.07, 6.45) is 0. The minimum atomic E-state index is -0.565. The maximum Gasteiger partial charge on any atom is 0.293 e. The molecule has 11 heteroatoms. The molecule has 4 aromatic rings. The number of hydrogen-bond acceptors (Lipinski definition) is 8. The van der Waals surface area contributed by atoms with Gasteiger partial charge in [-0.05, 0) is 36.4 Å². The summed E-state index contributed by atoms with van der Waals surface area (Å²) < 4.78 is 5.54. The molecule has 0 fully saturated rings. The molecule has 178 valence electrons. The third-order valence-electron chi connectivity index (χ3n) is 4.60. The van der Waals surface area contributed by atoms with Crippen LogP contribution >= 0.6 is 23.1 Å². The van der Waals surface area contributed by atoms with E-state index in [-0.39, 0.29) is 28.8 Å². The van der Waals surface area contributed by atoms with Crippen molar-refractivity contribution < 1.29 is 18.8 Å². The number of thiazole rings is 1. The minimum absolute atomic E-state index is 0.0957. The molecular formula is C24H20N4O5S2. The van der Waals surface area contributed by atoms with E-state index < -0.39 is 5.91 Å². The topological polar surface area (TPSA) is 130 Å². The van der Waals surface area contributed by atoms with E-state index in [0.717, 1.165) is 6.07 Å². The van der Waals surface area contributed by atoms with Gasteiger partial charge in [-0.15, -0.1) is 23.1 Å². The summed E-state index contributed by atoms with van der Waals surface area (Å²) in [7, 11) is 0. The summed E-state index contributed by atoms with van der Waals surface area (Å²) in [6.45, 7) is 1.43. The average Bonchev–Trinajstić information content (AvgIpc) is 3.27. The van der Waals surface area contributed by atoms with E-state index in [9.17, 15) is 19.2 Å². The standard InChI is InChI=1S/C24H20N4O5S2/c1-14(29)25-15-6-8-16(9-7-15)26-22(31)13-34-11-17-12-35-24(27-17)28-23(32)21-10-19(30)18-4-2-3-5-20(18)33-21/h2-10,12H,11,13H2,1H3,(H,25,29)(H,26,31)(H,27,28,32). The number of carbonyl (C=O) groups excluding carboxylic acids is 3. The summed E-state index contributed by atoms with van der Waals surface area (Å²) in [5.74, 6) is -0.297. The number of aromatic nitrogens is 1. The molecule has 2 heterocycles. The van der Waals surface area contributed by atoms with Gasteiger partial charge < -0.3 is 15.1 Å². The number of benzene rings is 2. The SMILES string of the molecule is CC(=O)Nc1ccc(NC(=O)CSCc2csc(NC(=O)c3cc(=O)c4ccccc4o3)n2)cc1. The van der Waals surface area contributed by atoms with Crippen LogP contribution in [0.3, 0.4) is 0 Å². The van der Waals surface area contributed by atoms with Crippen LogP contribution in [0.25, 0.3) is 11.0 Å². The first kappa shape index (κ1) is 24.2. The predicted molar refractivity (Wildman–Crippen MR) is 138 cm³/mol. The maximum atomic E-state index is 12.5. The lowest BCUT2D eigenvalue weighted by Gasteiger charge is -2.06. The number of rotatable bonds is 8. The second kappa shape index (κ2) is 11.0. The van der Waals surface area contributed by atoms with Crippen molar-refractivity contribution in [2.24, 2.45) is 0 Å². The van der Waals surface area contributed by atoms with Gasteiger partial charge in [0.15, 0.2) is 16.3 Å². The Hall–Kier alpha value is -3.96. The van der Waals surface area contributed by atoms with E-state index in [1.807, 2.05) is 0 Å². The highest BCUT2D eigenvalue weighted by molar-refractivity contribution is 7.99. The molecule has 35 heavy (non-hydrogen) atoms. The van der Waals surface area contributed by atoms with Crippen molar-refractivity contribution >= 4 is 68.3 Å². The van der Waals surface area contributed by atoms with Crippen LogP contribution in [-0.2, 0) is 15.3 Å². The smallest absolute Gasteiger partial charge is 0.293 e. The zero-order valence-corrected chi connectivity index (χ0v) is 20.1. The number of carbonyl (C=O) groups is 3. The third kappa shape index (κ3) is 6.55. The normalized spacial score (nSPS) is 10.7. The van der Waals surface area contributed by atoms with Gasteiger partial charge in [-0.3, -0.25) is 24.5 Å². The maximum absolute atomic E-state index is 12.5. The lowest BCUT2D eigenvalue weighted by molar-refractivity contribution is -0.114. The van der Waals surface area contributed by atoms with Gasteiger partial charge >= 0.3 is 0 Å². The molecule has 3 N–H and O–H groups in total. The summed E-state index contributed by atoms with van der Waals surface area (Å²) in [6, 6.07) is 14.7. The Morgan fingerprint density at radius 2 is 1.71 bits per heavy atom. The van der Waals surface area contributed by atoms with Crippen molar-refractivity contribution in [3.05, 3.63) is 81.7 Å². The highest BCUT2D eigenvalue weighted by Gasteiger charge is 2.14. The van der Waals surface area contributed by atoms with Crippen molar-refractivity contribution in [3.8, 4) is 0 Å². The van der Waals surface area contributed by atoms with E-state index >= 15 is 0 Å². The van der Waals surface area contributed by atoms with Crippen molar-refractivity contribution in [2.75, 3.05) is 21.7 Å². The average molecular weight is 509 g/mol. The molecule has 2 aromatic heterocycles. The van der Waals surface area contributed by atoms with E-state index in [1.165, 1.54) is 30.0 Å². The van der Waals surface area contributed by atoms with Crippen LogP contribution in [0.4, 0.5) is 16.5 Å². The highest BCUT2D eigenvalue weighted by atomic mass is 32.2. The fourth-order valence-corrected chi connectivity index (χ4v) is 4.62. The number of para-hydroxylation sites is 1. The Morgan fingerprint density at radius 1 is 1.00 bits per heavy atom. The van der Waals surface area contributed by atoms with Gasteiger partial charge in [0.05, 0.1) is 16.8 Å². The van der Waals surface area contributed by atoms with Crippen LogP contribution in [0.5, 0.6) is 0 Å². The fourth-order valence-electron chi connectivity index (χ4n) is 3.09. The number of hydrogen-bond donors (Lipinski definition) is 3. The zero-order valence-electron chi connectivity index (χ0n) is 18.5. The Kier molecular flexibility index (Phi) is 7.58. The van der Waals surface area contributed by atoms with Crippen LogP contribution in [0.1, 0.15) is 23.2 Å². The van der Waals surface area contributed by atoms with Gasteiger partial charge in [-0.2, -0.15) is 0 Å². The molecule has 4 rings (SSSR count). The molecule has 0 aliphatic heterocycles. The lowest BCUT2D eigenvalue weighted by Crippen LogP contribution is -2.15. The molecular weight excluding hydrogens is 488 g/mol. The first-order chi connectivity index (χ1) is 16.9. The van der Waals surface area contributed by atoms with Gasteiger partial charge in [0.2, 0.25) is 11.8 Å². The summed E-state index contributed by atoms with van der Waals surface area (Å²) in [5, 5.41) is 10.7. The van der Waals surface area contributed by atoms with Crippen LogP contribution < -0.4 is 21.4 Å². The molecule has 0 saturated carbocycles. The van der Waals surface area contributed by atoms with Gasteiger partial charge in [-0.25, -0.2) is 4.98 Å². The van der Waals surface area contributed by atoms with Crippen LogP contribution in [0.2, 0.25) is 0 Å². The minimum Gasteiger partial charge on any atom is -0.451 e. The van der Waals surface area contributed by atoms with Crippen LogP contribution in [-0.4, -0.2) is 28.5 Å². The Morgan fingerprint density at radius 3 is 2.46 bits per heavy atom. The van der Waals surface area contributed by atoms with E-state index in [2.05, 4.69) is 20.9 Å². The number of anilines is 3. The summed E-state index contributed by atoms with van der Waals surface area (Å²) in [4.78, 5) is 52.3. The van der Waals surface area contributed by atoms with Crippen molar-refractivity contribution in [3.63, 3.8) is 0 Å². The quantitative estimate of drug-likeness (QED) is 0.323. The Bertz CT molecular complexity index is 1450. The molecule has 0 unspecified atom stereocenters. The van der Waals surface area contributed by atoms with E-state index in [4.69, 9.17) is 4.42 Å². The molecule has 0 spiro atoms. The zero-order chi connectivity index (χ0) is 24.8. The van der Waals surface area contributed by atoms with E-state index in [0.29, 0.717) is 38.9 Å². The second-order valence-corrected chi connectivity index (χ2v) is 9.21. The number of nitrogens with zero attached hydrogens (tertiary/aromatic N) is 1. The first-order valence-electron chi connectivity index (χ1n) is 10.4. The number of nitrogens with one attached hydrogen (secondary N) is 3.